The second-order valence-electron chi connectivity index (χ2n) is 4.66. The van der Waals surface area contributed by atoms with Gasteiger partial charge in [-0.1, -0.05) is 12.1 Å². The minimum Gasteiger partial charge on any atom is -0.481 e. The van der Waals surface area contributed by atoms with Crippen molar-refractivity contribution < 1.29 is 19.8 Å². The van der Waals surface area contributed by atoms with Gasteiger partial charge in [0.15, 0.2) is 0 Å². The monoisotopic (exact) mass is 334 g/mol. The Morgan fingerprint density at radius 3 is 2.36 bits per heavy atom. The zero-order valence-corrected chi connectivity index (χ0v) is 12.7. The molecule has 22 heavy (non-hydrogen) atoms. The van der Waals surface area contributed by atoms with E-state index in [1.54, 1.807) is 35.7 Å². The first-order valence-corrected chi connectivity index (χ1v) is 7.90. The molecule has 8 heteroatoms. The third-order valence-corrected chi connectivity index (χ3v) is 4.86. The largest absolute Gasteiger partial charge is 0.481 e. The zero-order valence-electron chi connectivity index (χ0n) is 11.0. The molecular formula is C14H10N2O4S2. The van der Waals surface area contributed by atoms with E-state index >= 15 is 0 Å². The number of rotatable bonds is 5. The fourth-order valence-corrected chi connectivity index (χ4v) is 3.74. The molecule has 2 aromatic heterocycles. The summed E-state index contributed by atoms with van der Waals surface area (Å²) in [7, 11) is 0. The van der Waals surface area contributed by atoms with E-state index in [1.165, 1.54) is 11.3 Å². The third kappa shape index (κ3) is 2.58. The molecule has 3 rings (SSSR count). The maximum atomic E-state index is 11.7. The topological polar surface area (TPSA) is 100 Å². The summed E-state index contributed by atoms with van der Waals surface area (Å²) in [5.74, 6) is -4.65. The van der Waals surface area contributed by atoms with E-state index in [9.17, 15) is 19.8 Å². The van der Waals surface area contributed by atoms with Gasteiger partial charge in [-0.25, -0.2) is 0 Å². The van der Waals surface area contributed by atoms with Crippen LogP contribution in [0, 0.1) is 0 Å². The summed E-state index contributed by atoms with van der Waals surface area (Å²) < 4.78 is 8.14. The van der Waals surface area contributed by atoms with Crippen LogP contribution in [0.15, 0.2) is 35.7 Å². The molecule has 0 fully saturated rings. The summed E-state index contributed by atoms with van der Waals surface area (Å²) in [6.45, 7) is 0. The second-order valence-corrected chi connectivity index (χ2v) is 6.17. The lowest BCUT2D eigenvalue weighted by Gasteiger charge is -2.19. The Balaban J connectivity index is 2.11. The van der Waals surface area contributed by atoms with Crippen LogP contribution in [-0.4, -0.2) is 30.9 Å². The summed E-state index contributed by atoms with van der Waals surface area (Å²) >= 11 is 2.27. The summed E-state index contributed by atoms with van der Waals surface area (Å²) in [4.78, 5) is 23.9. The fourth-order valence-electron chi connectivity index (χ4n) is 2.37. The predicted octanol–water partition coefficient (Wildman–Crippen LogP) is 2.79. The van der Waals surface area contributed by atoms with Crippen LogP contribution in [0.25, 0.3) is 11.0 Å². The Morgan fingerprint density at radius 2 is 1.73 bits per heavy atom. The van der Waals surface area contributed by atoms with Gasteiger partial charge in [0.25, 0.3) is 0 Å². The number of carbonyl (C=O) groups is 2. The second kappa shape index (κ2) is 5.82. The lowest BCUT2D eigenvalue weighted by molar-refractivity contribution is -0.147. The average Bonchev–Trinajstić information content (AvgIpc) is 3.14. The number of hydrogen-bond acceptors (Lipinski definition) is 6. The van der Waals surface area contributed by atoms with Gasteiger partial charge in [-0.3, -0.25) is 9.59 Å². The van der Waals surface area contributed by atoms with Crippen LogP contribution in [0.3, 0.4) is 0 Å². The number of aliphatic carboxylic acids is 2. The van der Waals surface area contributed by atoms with E-state index in [1.807, 2.05) is 0 Å². The van der Waals surface area contributed by atoms with Crippen molar-refractivity contribution in [3.05, 3.63) is 46.2 Å². The molecule has 112 valence electrons. The highest BCUT2D eigenvalue weighted by molar-refractivity contribution is 7.10. The molecule has 2 N–H and O–H groups in total. The van der Waals surface area contributed by atoms with E-state index in [0.29, 0.717) is 21.5 Å². The molecule has 0 saturated carbocycles. The average molecular weight is 334 g/mol. The minimum absolute atomic E-state index is 0.411. The Bertz CT molecular complexity index is 828. The highest BCUT2D eigenvalue weighted by Crippen LogP contribution is 2.36. The molecule has 2 unspecified atom stereocenters. The number of carboxylic acids is 2. The van der Waals surface area contributed by atoms with Gasteiger partial charge in [0.2, 0.25) is 0 Å². The normalized spacial score (nSPS) is 13.8. The van der Waals surface area contributed by atoms with Crippen LogP contribution in [0.1, 0.15) is 22.3 Å². The van der Waals surface area contributed by atoms with Gasteiger partial charge >= 0.3 is 11.9 Å². The maximum Gasteiger partial charge on any atom is 0.313 e. The zero-order chi connectivity index (χ0) is 15.7. The lowest BCUT2D eigenvalue weighted by atomic mass is 9.85. The Kier molecular flexibility index (Phi) is 3.86. The molecule has 2 heterocycles. The molecule has 1 aromatic carbocycles. The molecule has 2 atom stereocenters. The van der Waals surface area contributed by atoms with Gasteiger partial charge < -0.3 is 10.2 Å². The molecule has 0 aliphatic rings. The van der Waals surface area contributed by atoms with E-state index < -0.39 is 23.8 Å². The summed E-state index contributed by atoms with van der Waals surface area (Å²) in [5.41, 5.74) is 1.65. The van der Waals surface area contributed by atoms with Crippen LogP contribution in [0.4, 0.5) is 0 Å². The van der Waals surface area contributed by atoms with E-state index in [0.717, 1.165) is 11.7 Å². The number of fused-ring (bicyclic) bond motifs is 1. The van der Waals surface area contributed by atoms with Crippen LogP contribution in [-0.2, 0) is 9.59 Å². The van der Waals surface area contributed by atoms with Crippen LogP contribution < -0.4 is 0 Å². The minimum atomic E-state index is -1.18. The molecule has 0 amide bonds. The first-order chi connectivity index (χ1) is 10.6. The van der Waals surface area contributed by atoms with Crippen molar-refractivity contribution in [1.29, 1.82) is 0 Å². The van der Waals surface area contributed by atoms with Crippen molar-refractivity contribution >= 4 is 46.0 Å². The van der Waals surface area contributed by atoms with Gasteiger partial charge in [0.05, 0.1) is 17.6 Å². The Hall–Kier alpha value is -2.32. The molecule has 0 spiro atoms. The smallest absolute Gasteiger partial charge is 0.313 e. The number of benzene rings is 1. The van der Waals surface area contributed by atoms with Gasteiger partial charge in [-0.15, -0.1) is 11.3 Å². The first kappa shape index (κ1) is 14.6. The van der Waals surface area contributed by atoms with Gasteiger partial charge in [0, 0.05) is 4.88 Å². The van der Waals surface area contributed by atoms with Crippen LogP contribution in [0.2, 0.25) is 0 Å². The molecule has 0 bridgehead atoms. The van der Waals surface area contributed by atoms with Crippen molar-refractivity contribution in [3.8, 4) is 0 Å². The first-order valence-electron chi connectivity index (χ1n) is 6.29. The van der Waals surface area contributed by atoms with Crippen LogP contribution in [0.5, 0.6) is 0 Å². The van der Waals surface area contributed by atoms with Gasteiger partial charge in [-0.2, -0.15) is 8.75 Å². The molecule has 3 aromatic rings. The summed E-state index contributed by atoms with van der Waals surface area (Å²) in [6.07, 6.45) is 0. The summed E-state index contributed by atoms with van der Waals surface area (Å²) in [5, 5.41) is 20.8. The molecule has 0 saturated heterocycles. The van der Waals surface area contributed by atoms with Crippen LogP contribution >= 0.6 is 23.1 Å². The molecule has 0 aliphatic carbocycles. The van der Waals surface area contributed by atoms with E-state index in [4.69, 9.17) is 0 Å². The number of thiophene rings is 1. The Labute approximate surface area is 133 Å². The molecular weight excluding hydrogens is 324 g/mol. The summed E-state index contributed by atoms with van der Waals surface area (Å²) in [6, 6.07) is 8.22. The number of carboxylic acid groups (broad SMARTS) is 2. The number of aromatic nitrogens is 2. The fraction of sp³-hybridized carbons (Fsp3) is 0.143. The number of nitrogens with zero attached hydrogens (tertiary/aromatic N) is 2. The highest BCUT2D eigenvalue weighted by atomic mass is 32.1. The van der Waals surface area contributed by atoms with Crippen molar-refractivity contribution in [2.75, 3.05) is 0 Å². The molecule has 0 aliphatic heterocycles. The van der Waals surface area contributed by atoms with Crippen molar-refractivity contribution in [2.24, 2.45) is 0 Å². The molecule has 6 nitrogen and oxygen atoms in total. The maximum absolute atomic E-state index is 11.7. The standard InChI is InChI=1S/C14H10N2O4S2/c17-13(18)11(12(14(19)20)10-2-1-5-21-10)7-3-4-8-9(6-7)16-22-15-8/h1-6,11-12H,(H,17,18)(H,19,20). The quantitative estimate of drug-likeness (QED) is 0.744. The third-order valence-electron chi connectivity index (χ3n) is 3.35. The van der Waals surface area contributed by atoms with E-state index in [2.05, 4.69) is 8.75 Å². The molecule has 0 radical (unpaired) electrons. The van der Waals surface area contributed by atoms with Gasteiger partial charge in [0.1, 0.15) is 17.0 Å². The SMILES string of the molecule is O=C(O)C(c1ccc2nsnc2c1)C(C(=O)O)c1cccs1. The highest BCUT2D eigenvalue weighted by Gasteiger charge is 2.37. The van der Waals surface area contributed by atoms with Crippen molar-refractivity contribution in [3.63, 3.8) is 0 Å². The van der Waals surface area contributed by atoms with Crippen molar-refractivity contribution in [1.82, 2.24) is 8.75 Å². The Morgan fingerprint density at radius 1 is 1.00 bits per heavy atom. The predicted molar refractivity (Wildman–Crippen MR) is 82.5 cm³/mol. The van der Waals surface area contributed by atoms with E-state index in [-0.39, 0.29) is 0 Å². The van der Waals surface area contributed by atoms with Gasteiger partial charge in [-0.05, 0) is 29.1 Å². The number of hydrogen-bond donors (Lipinski definition) is 2. The van der Waals surface area contributed by atoms with Crippen molar-refractivity contribution in [2.45, 2.75) is 11.8 Å². The lowest BCUT2D eigenvalue weighted by Crippen LogP contribution is -2.25.